The zero-order valence-electron chi connectivity index (χ0n) is 17.9. The third kappa shape index (κ3) is 9.34. The summed E-state index contributed by atoms with van der Waals surface area (Å²) in [7, 11) is -8.10. The molecular weight excluding hydrogens is 450 g/mol. The van der Waals surface area contributed by atoms with Crippen LogP contribution in [0.5, 0.6) is 0 Å². The summed E-state index contributed by atoms with van der Waals surface area (Å²) >= 11 is 0. The van der Waals surface area contributed by atoms with E-state index in [1.807, 2.05) is 4.72 Å². The molecule has 1 aromatic rings. The molecule has 0 spiro atoms. The highest BCUT2D eigenvalue weighted by molar-refractivity contribution is 7.90. The molecule has 3 amide bonds. The predicted octanol–water partition coefficient (Wildman–Crippen LogP) is 0.874. The Morgan fingerprint density at radius 1 is 1.00 bits per heavy atom. The van der Waals surface area contributed by atoms with Crippen molar-refractivity contribution in [2.75, 3.05) is 6.26 Å². The summed E-state index contributed by atoms with van der Waals surface area (Å²) in [6.45, 7) is 6.69. The van der Waals surface area contributed by atoms with Crippen molar-refractivity contribution in [2.24, 2.45) is 0 Å². The summed E-state index contributed by atoms with van der Waals surface area (Å²) in [5.41, 5.74) is -0.889. The van der Waals surface area contributed by atoms with Crippen molar-refractivity contribution in [3.63, 3.8) is 0 Å². The van der Waals surface area contributed by atoms with E-state index in [9.17, 15) is 31.2 Å². The van der Waals surface area contributed by atoms with Gasteiger partial charge in [-0.1, -0.05) is 13.3 Å². The molecule has 0 bridgehead atoms. The summed E-state index contributed by atoms with van der Waals surface area (Å²) in [6.07, 6.45) is 0.598. The van der Waals surface area contributed by atoms with Gasteiger partial charge in [-0.2, -0.15) is 0 Å². The summed E-state index contributed by atoms with van der Waals surface area (Å²) in [6, 6.07) is 3.14. The van der Waals surface area contributed by atoms with E-state index in [1.54, 1.807) is 32.4 Å². The highest BCUT2D eigenvalue weighted by Crippen LogP contribution is 2.12. The first kappa shape index (κ1) is 26.4. The van der Waals surface area contributed by atoms with Gasteiger partial charge in [0, 0.05) is 5.56 Å². The minimum atomic E-state index is -4.31. The summed E-state index contributed by atoms with van der Waals surface area (Å²) < 4.78 is 56.0. The van der Waals surface area contributed by atoms with Crippen molar-refractivity contribution in [3.05, 3.63) is 29.8 Å². The maximum absolute atomic E-state index is 12.5. The average molecular weight is 478 g/mol. The van der Waals surface area contributed by atoms with E-state index in [0.29, 0.717) is 6.42 Å². The number of sulfonamides is 2. The number of alkyl carbamates (subject to hydrolysis) is 1. The predicted molar refractivity (Wildman–Crippen MR) is 112 cm³/mol. The van der Waals surface area contributed by atoms with Gasteiger partial charge >= 0.3 is 6.09 Å². The van der Waals surface area contributed by atoms with Crippen LogP contribution in [0.4, 0.5) is 4.79 Å². The van der Waals surface area contributed by atoms with Crippen LogP contribution in [0.25, 0.3) is 0 Å². The van der Waals surface area contributed by atoms with Gasteiger partial charge in [0.25, 0.3) is 21.8 Å². The maximum atomic E-state index is 12.5. The molecule has 0 aliphatic carbocycles. The van der Waals surface area contributed by atoms with Gasteiger partial charge in [-0.15, -0.1) is 0 Å². The molecule has 1 rings (SSSR count). The monoisotopic (exact) mass is 477 g/mol. The van der Waals surface area contributed by atoms with Crippen LogP contribution in [0.2, 0.25) is 0 Å². The van der Waals surface area contributed by atoms with Crippen LogP contribution in [-0.2, 0) is 29.6 Å². The number of hydrogen-bond donors (Lipinski definition) is 3. The SMILES string of the molecule is CCC[C@H](NC(=O)OC(C)(C)C)C(=O)NS(=O)(=O)c1ccc(C(=O)NS(C)(=O)=O)cc1. The minimum Gasteiger partial charge on any atom is -0.444 e. The Kier molecular flexibility index (Phi) is 8.58. The Balaban J connectivity index is 2.94. The fourth-order valence-electron chi connectivity index (χ4n) is 2.28. The number of rotatable bonds is 8. The largest absolute Gasteiger partial charge is 0.444 e. The molecule has 0 saturated carbocycles. The molecule has 0 heterocycles. The smallest absolute Gasteiger partial charge is 0.408 e. The lowest BCUT2D eigenvalue weighted by Crippen LogP contribution is -2.49. The van der Waals surface area contributed by atoms with Crippen molar-refractivity contribution in [3.8, 4) is 0 Å². The van der Waals surface area contributed by atoms with E-state index in [1.165, 1.54) is 0 Å². The molecule has 31 heavy (non-hydrogen) atoms. The van der Waals surface area contributed by atoms with Gasteiger partial charge in [0.2, 0.25) is 10.0 Å². The number of carbonyl (C=O) groups excluding carboxylic acids is 3. The zero-order valence-corrected chi connectivity index (χ0v) is 19.5. The lowest BCUT2D eigenvalue weighted by molar-refractivity contribution is -0.121. The third-order valence-electron chi connectivity index (χ3n) is 3.52. The fraction of sp³-hybridized carbons (Fsp3) is 0.500. The first-order valence-electron chi connectivity index (χ1n) is 9.22. The third-order valence-corrected chi connectivity index (χ3v) is 5.44. The minimum absolute atomic E-state index is 0.0915. The van der Waals surface area contributed by atoms with Crippen LogP contribution in [0, 0.1) is 0 Å². The first-order valence-corrected chi connectivity index (χ1v) is 12.6. The van der Waals surface area contributed by atoms with Crippen molar-refractivity contribution < 1.29 is 36.0 Å². The molecule has 3 N–H and O–H groups in total. The Hall–Kier alpha value is -2.67. The fourth-order valence-corrected chi connectivity index (χ4v) is 3.76. The van der Waals surface area contributed by atoms with Crippen LogP contribution >= 0.6 is 0 Å². The highest BCUT2D eigenvalue weighted by atomic mass is 32.2. The van der Waals surface area contributed by atoms with Crippen LogP contribution in [0.1, 0.15) is 50.9 Å². The molecule has 0 unspecified atom stereocenters. The van der Waals surface area contributed by atoms with Gasteiger partial charge in [0.15, 0.2) is 0 Å². The normalized spacial score (nSPS) is 13.1. The number of carbonyl (C=O) groups is 3. The number of benzene rings is 1. The molecule has 0 aliphatic rings. The zero-order chi connectivity index (χ0) is 24.0. The second-order valence-corrected chi connectivity index (χ2v) is 11.1. The van der Waals surface area contributed by atoms with Crippen molar-refractivity contribution in [1.82, 2.24) is 14.8 Å². The second-order valence-electron chi connectivity index (χ2n) is 7.68. The Morgan fingerprint density at radius 3 is 2.00 bits per heavy atom. The van der Waals surface area contributed by atoms with Gasteiger partial charge in [0.1, 0.15) is 11.6 Å². The van der Waals surface area contributed by atoms with E-state index >= 15 is 0 Å². The lowest BCUT2D eigenvalue weighted by atomic mass is 10.1. The molecule has 0 radical (unpaired) electrons. The van der Waals surface area contributed by atoms with Crippen molar-refractivity contribution in [2.45, 2.75) is 57.1 Å². The Morgan fingerprint density at radius 2 is 1.55 bits per heavy atom. The second kappa shape index (κ2) is 10.1. The maximum Gasteiger partial charge on any atom is 0.408 e. The summed E-state index contributed by atoms with van der Waals surface area (Å²) in [5, 5.41) is 2.35. The van der Waals surface area contributed by atoms with Crippen LogP contribution in [-0.4, -0.2) is 52.6 Å². The summed E-state index contributed by atoms with van der Waals surface area (Å²) in [5.74, 6) is -1.88. The topological polar surface area (TPSA) is 165 Å². The molecule has 0 fully saturated rings. The van der Waals surface area contributed by atoms with Crippen LogP contribution in [0.3, 0.4) is 0 Å². The van der Waals surface area contributed by atoms with Crippen molar-refractivity contribution in [1.29, 1.82) is 0 Å². The van der Waals surface area contributed by atoms with Crippen molar-refractivity contribution >= 4 is 38.0 Å². The quantitative estimate of drug-likeness (QED) is 0.496. The standard InChI is InChI=1S/C18H27N3O8S2/c1-6-7-14(19-17(24)29-18(2,3)4)16(23)21-31(27,28)13-10-8-12(9-11-13)15(22)20-30(5,25)26/h8-11,14H,6-7H2,1-5H3,(H,19,24)(H,20,22)(H,21,23)/t14-/m0/s1. The van der Waals surface area contributed by atoms with Gasteiger partial charge in [-0.25, -0.2) is 31.1 Å². The average Bonchev–Trinajstić information content (AvgIpc) is 2.58. The molecular formula is C18H27N3O8S2. The number of hydrogen-bond acceptors (Lipinski definition) is 8. The van der Waals surface area contributed by atoms with E-state index < -0.39 is 49.6 Å². The first-order chi connectivity index (χ1) is 14.0. The van der Waals surface area contributed by atoms with E-state index in [2.05, 4.69) is 5.32 Å². The Labute approximate surface area is 182 Å². The molecule has 0 aliphatic heterocycles. The van der Waals surface area contributed by atoms with Gasteiger partial charge in [0.05, 0.1) is 11.2 Å². The van der Waals surface area contributed by atoms with Gasteiger partial charge in [-0.05, 0) is 51.5 Å². The number of ether oxygens (including phenoxy) is 1. The molecule has 13 heteroatoms. The van der Waals surface area contributed by atoms with E-state index in [-0.39, 0.29) is 16.9 Å². The van der Waals surface area contributed by atoms with Gasteiger partial charge in [-0.3, -0.25) is 9.59 Å². The molecule has 1 aromatic carbocycles. The Bertz CT molecular complexity index is 1030. The molecule has 0 saturated heterocycles. The number of amides is 3. The molecule has 11 nitrogen and oxygen atoms in total. The van der Waals surface area contributed by atoms with E-state index in [0.717, 1.165) is 30.5 Å². The lowest BCUT2D eigenvalue weighted by Gasteiger charge is -2.23. The van der Waals surface area contributed by atoms with Crippen LogP contribution < -0.4 is 14.8 Å². The highest BCUT2D eigenvalue weighted by Gasteiger charge is 2.27. The summed E-state index contributed by atoms with van der Waals surface area (Å²) in [4.78, 5) is 35.9. The van der Waals surface area contributed by atoms with E-state index in [4.69, 9.17) is 4.74 Å². The molecule has 174 valence electrons. The number of nitrogens with one attached hydrogen (secondary N) is 3. The molecule has 1 atom stereocenters. The molecule has 0 aromatic heterocycles. The van der Waals surface area contributed by atoms with Gasteiger partial charge < -0.3 is 10.1 Å². The van der Waals surface area contributed by atoms with Crippen LogP contribution in [0.15, 0.2) is 29.2 Å².